The molecule has 0 aromatic rings. The van der Waals surface area contributed by atoms with Crippen LogP contribution in [0.4, 0.5) is 0 Å². The van der Waals surface area contributed by atoms with Crippen molar-refractivity contribution in [1.29, 1.82) is 0 Å². The van der Waals surface area contributed by atoms with Crippen LogP contribution in [0.1, 0.15) is 13.3 Å². The minimum absolute atomic E-state index is 0.261. The van der Waals surface area contributed by atoms with E-state index < -0.39 is 0 Å². The van der Waals surface area contributed by atoms with Crippen LogP contribution in [0, 0.1) is 0 Å². The van der Waals surface area contributed by atoms with Crippen LogP contribution in [0.5, 0.6) is 0 Å². The fourth-order valence-corrected chi connectivity index (χ4v) is 1.80. The number of aliphatic hydroxyl groups excluding tert-OH is 1. The molecule has 0 rings (SSSR count). The zero-order valence-corrected chi connectivity index (χ0v) is 8.64. The van der Waals surface area contributed by atoms with Crippen LogP contribution in [-0.4, -0.2) is 42.5 Å². The lowest BCUT2D eigenvalue weighted by Gasteiger charge is -2.09. The number of ether oxygens (including phenoxy) is 1. The maximum Gasteiger partial charge on any atom is 0.0863 e. The first kappa shape index (κ1) is 12.2. The van der Waals surface area contributed by atoms with E-state index >= 15 is 0 Å². The van der Waals surface area contributed by atoms with Crippen molar-refractivity contribution in [3.8, 4) is 0 Å². The van der Waals surface area contributed by atoms with Gasteiger partial charge in [0.25, 0.3) is 0 Å². The van der Waals surface area contributed by atoms with Gasteiger partial charge in [-0.05, 0) is 19.1 Å². The Labute approximate surface area is 78.7 Å². The van der Waals surface area contributed by atoms with Crippen molar-refractivity contribution in [3.63, 3.8) is 0 Å². The quantitative estimate of drug-likeness (QED) is 0.577. The lowest BCUT2D eigenvalue weighted by molar-refractivity contribution is 0.0794. The molecule has 0 fully saturated rings. The van der Waals surface area contributed by atoms with Crippen molar-refractivity contribution < 1.29 is 9.84 Å². The van der Waals surface area contributed by atoms with Gasteiger partial charge in [0.15, 0.2) is 0 Å². The highest BCUT2D eigenvalue weighted by Crippen LogP contribution is 2.06. The summed E-state index contributed by atoms with van der Waals surface area (Å²) in [6.07, 6.45) is 0.665. The van der Waals surface area contributed by atoms with E-state index in [4.69, 9.17) is 10.5 Å². The van der Waals surface area contributed by atoms with Gasteiger partial charge in [-0.1, -0.05) is 0 Å². The third kappa shape index (κ3) is 8.33. The van der Waals surface area contributed by atoms with Crippen LogP contribution >= 0.6 is 11.8 Å². The number of thioether (sulfide) groups is 1. The van der Waals surface area contributed by atoms with Crippen molar-refractivity contribution in [2.75, 3.05) is 25.2 Å². The third-order valence-corrected chi connectivity index (χ3v) is 2.53. The standard InChI is InChI=1S/C8H19NO2S/c1-7(9)3-4-12-6-8(10)5-11-2/h7-8,10H,3-6,9H2,1-2H3. The predicted octanol–water partition coefficient (Wildman–Crippen LogP) is 0.464. The first-order valence-corrected chi connectivity index (χ1v) is 5.32. The monoisotopic (exact) mass is 193 g/mol. The normalized spacial score (nSPS) is 16.0. The van der Waals surface area contributed by atoms with Crippen LogP contribution in [0.25, 0.3) is 0 Å². The molecule has 0 aliphatic heterocycles. The topological polar surface area (TPSA) is 55.5 Å². The maximum atomic E-state index is 9.24. The van der Waals surface area contributed by atoms with Gasteiger partial charge in [-0.2, -0.15) is 11.8 Å². The highest BCUT2D eigenvalue weighted by Gasteiger charge is 2.03. The molecule has 2 atom stereocenters. The lowest BCUT2D eigenvalue weighted by atomic mass is 10.3. The molecule has 0 bridgehead atoms. The average Bonchev–Trinajstić information content (AvgIpc) is 1.98. The molecule has 0 aliphatic carbocycles. The minimum Gasteiger partial charge on any atom is -0.390 e. The van der Waals surface area contributed by atoms with Gasteiger partial charge in [0.05, 0.1) is 12.7 Å². The van der Waals surface area contributed by atoms with Gasteiger partial charge in [0.1, 0.15) is 0 Å². The van der Waals surface area contributed by atoms with E-state index in [0.29, 0.717) is 6.61 Å². The molecule has 0 aliphatic rings. The Bertz CT molecular complexity index is 101. The smallest absolute Gasteiger partial charge is 0.0863 e. The number of aliphatic hydroxyl groups is 1. The van der Waals surface area contributed by atoms with Crippen LogP contribution in [-0.2, 0) is 4.74 Å². The second-order valence-corrected chi connectivity index (χ2v) is 4.10. The second-order valence-electron chi connectivity index (χ2n) is 2.95. The summed E-state index contributed by atoms with van der Waals surface area (Å²) < 4.78 is 4.79. The number of hydrogen-bond donors (Lipinski definition) is 2. The van der Waals surface area contributed by atoms with Crippen LogP contribution in [0.15, 0.2) is 0 Å². The van der Waals surface area contributed by atoms with Crippen molar-refractivity contribution in [3.05, 3.63) is 0 Å². The number of hydrogen-bond acceptors (Lipinski definition) is 4. The molecule has 0 aromatic carbocycles. The zero-order valence-electron chi connectivity index (χ0n) is 7.82. The molecule has 2 unspecified atom stereocenters. The predicted molar refractivity (Wildman–Crippen MR) is 53.5 cm³/mol. The molecule has 0 aromatic heterocycles. The summed E-state index contributed by atoms with van der Waals surface area (Å²) in [5.74, 6) is 1.75. The van der Waals surface area contributed by atoms with Gasteiger partial charge in [-0.15, -0.1) is 0 Å². The fraction of sp³-hybridized carbons (Fsp3) is 1.00. The molecule has 0 radical (unpaired) electrons. The molecular weight excluding hydrogens is 174 g/mol. The maximum absolute atomic E-state index is 9.24. The van der Waals surface area contributed by atoms with E-state index in [1.807, 2.05) is 6.92 Å². The molecule has 0 saturated carbocycles. The summed E-state index contributed by atoms with van der Waals surface area (Å²) in [5.41, 5.74) is 5.57. The van der Waals surface area contributed by atoms with E-state index in [1.165, 1.54) is 0 Å². The lowest BCUT2D eigenvalue weighted by Crippen LogP contribution is -2.19. The first-order chi connectivity index (χ1) is 5.66. The van der Waals surface area contributed by atoms with E-state index in [2.05, 4.69) is 0 Å². The summed E-state index contributed by atoms with van der Waals surface area (Å²) in [6.45, 7) is 2.41. The molecule has 4 heteroatoms. The summed E-state index contributed by atoms with van der Waals surface area (Å²) in [7, 11) is 1.59. The number of nitrogens with two attached hydrogens (primary N) is 1. The highest BCUT2D eigenvalue weighted by molar-refractivity contribution is 7.99. The SMILES string of the molecule is COCC(O)CSCCC(C)N. The Hall–Kier alpha value is 0.230. The Morgan fingerprint density at radius 2 is 2.25 bits per heavy atom. The number of rotatable bonds is 7. The van der Waals surface area contributed by atoms with Crippen LogP contribution in [0.3, 0.4) is 0 Å². The van der Waals surface area contributed by atoms with Gasteiger partial charge in [-0.3, -0.25) is 0 Å². The Morgan fingerprint density at radius 1 is 1.58 bits per heavy atom. The largest absolute Gasteiger partial charge is 0.390 e. The summed E-state index contributed by atoms with van der Waals surface area (Å²) in [5, 5.41) is 9.24. The van der Waals surface area contributed by atoms with Gasteiger partial charge in [-0.25, -0.2) is 0 Å². The van der Waals surface area contributed by atoms with Gasteiger partial charge in [0, 0.05) is 18.9 Å². The molecular formula is C8H19NO2S. The van der Waals surface area contributed by atoms with Crippen LogP contribution in [0.2, 0.25) is 0 Å². The van der Waals surface area contributed by atoms with Gasteiger partial charge < -0.3 is 15.6 Å². The van der Waals surface area contributed by atoms with Gasteiger partial charge in [0.2, 0.25) is 0 Å². The molecule has 74 valence electrons. The van der Waals surface area contributed by atoms with Crippen molar-refractivity contribution in [1.82, 2.24) is 0 Å². The molecule has 0 heterocycles. The Balaban J connectivity index is 3.08. The van der Waals surface area contributed by atoms with E-state index in [0.717, 1.165) is 17.9 Å². The highest BCUT2D eigenvalue weighted by atomic mass is 32.2. The fourth-order valence-electron chi connectivity index (χ4n) is 0.729. The summed E-state index contributed by atoms with van der Waals surface area (Å²) in [6, 6.07) is 0.261. The number of methoxy groups -OCH3 is 1. The molecule has 3 nitrogen and oxygen atoms in total. The summed E-state index contributed by atoms with van der Waals surface area (Å²) in [4.78, 5) is 0. The third-order valence-electron chi connectivity index (χ3n) is 1.39. The Morgan fingerprint density at radius 3 is 2.75 bits per heavy atom. The first-order valence-electron chi connectivity index (χ1n) is 4.17. The van der Waals surface area contributed by atoms with Crippen molar-refractivity contribution >= 4 is 11.8 Å². The van der Waals surface area contributed by atoms with Crippen LogP contribution < -0.4 is 5.73 Å². The minimum atomic E-state index is -0.340. The molecule has 0 amide bonds. The van der Waals surface area contributed by atoms with E-state index in [-0.39, 0.29) is 12.1 Å². The van der Waals surface area contributed by atoms with E-state index in [9.17, 15) is 5.11 Å². The summed E-state index contributed by atoms with van der Waals surface area (Å²) >= 11 is 1.72. The zero-order chi connectivity index (χ0) is 9.40. The molecule has 0 saturated heterocycles. The molecule has 12 heavy (non-hydrogen) atoms. The van der Waals surface area contributed by atoms with Crippen molar-refractivity contribution in [2.45, 2.75) is 25.5 Å². The van der Waals surface area contributed by atoms with E-state index in [1.54, 1.807) is 18.9 Å². The average molecular weight is 193 g/mol. The van der Waals surface area contributed by atoms with Crippen molar-refractivity contribution in [2.24, 2.45) is 5.73 Å². The molecule has 3 N–H and O–H groups in total. The van der Waals surface area contributed by atoms with Gasteiger partial charge >= 0.3 is 0 Å². The molecule has 0 spiro atoms. The second kappa shape index (κ2) is 7.86. The Kier molecular flexibility index (Phi) is 8.01.